The summed E-state index contributed by atoms with van der Waals surface area (Å²) >= 11 is 3.39. The lowest BCUT2D eigenvalue weighted by atomic mass is 10.2. The number of hydrogen-bond acceptors (Lipinski definition) is 3. The van der Waals surface area contributed by atoms with Crippen LogP contribution in [0.25, 0.3) is 6.08 Å². The first-order valence-electron chi connectivity index (χ1n) is 6.54. The molecule has 110 valence electrons. The van der Waals surface area contributed by atoms with Gasteiger partial charge in [-0.25, -0.2) is 0 Å². The van der Waals surface area contributed by atoms with Gasteiger partial charge in [0.1, 0.15) is 5.75 Å². The summed E-state index contributed by atoms with van der Waals surface area (Å²) in [6.07, 6.45) is 4.06. The Morgan fingerprint density at radius 3 is 2.95 bits per heavy atom. The van der Waals surface area contributed by atoms with Crippen LogP contribution in [0.5, 0.6) is 5.75 Å². The highest BCUT2D eigenvalue weighted by molar-refractivity contribution is 9.10. The smallest absolute Gasteiger partial charge is 0.244 e. The van der Waals surface area contributed by atoms with Gasteiger partial charge >= 0.3 is 0 Å². The minimum absolute atomic E-state index is 0.122. The van der Waals surface area contributed by atoms with Crippen LogP contribution in [0.2, 0.25) is 0 Å². The molecule has 0 radical (unpaired) electrons. The molecule has 0 aliphatic rings. The van der Waals surface area contributed by atoms with Gasteiger partial charge in [0.15, 0.2) is 0 Å². The zero-order valence-electron chi connectivity index (χ0n) is 11.8. The number of carbonyl (C=O) groups is 1. The molecule has 0 aromatic heterocycles. The number of halogens is 1. The van der Waals surface area contributed by atoms with E-state index in [1.807, 2.05) is 25.1 Å². The normalized spacial score (nSPS) is 10.8. The van der Waals surface area contributed by atoms with E-state index in [1.54, 1.807) is 13.2 Å². The minimum atomic E-state index is -0.122. The second kappa shape index (κ2) is 9.55. The zero-order valence-corrected chi connectivity index (χ0v) is 13.4. The van der Waals surface area contributed by atoms with Crippen LogP contribution in [0.3, 0.4) is 0 Å². The fraction of sp³-hybridized carbons (Fsp3) is 0.400. The van der Waals surface area contributed by atoms with Crippen LogP contribution in [0, 0.1) is 0 Å². The minimum Gasteiger partial charge on any atom is -0.496 e. The molecule has 0 saturated heterocycles. The molecule has 1 amide bonds. The number of nitrogens with one attached hydrogen (secondary N) is 1. The number of amides is 1. The average molecular weight is 342 g/mol. The van der Waals surface area contributed by atoms with Crippen molar-refractivity contribution in [1.82, 2.24) is 5.32 Å². The van der Waals surface area contributed by atoms with Crippen LogP contribution in [0.15, 0.2) is 28.7 Å². The molecule has 0 spiro atoms. The summed E-state index contributed by atoms with van der Waals surface area (Å²) in [6.45, 7) is 3.93. The van der Waals surface area contributed by atoms with E-state index >= 15 is 0 Å². The van der Waals surface area contributed by atoms with E-state index in [4.69, 9.17) is 9.47 Å². The third kappa shape index (κ3) is 6.21. The zero-order chi connectivity index (χ0) is 14.8. The van der Waals surface area contributed by atoms with Gasteiger partial charge in [0, 0.05) is 35.9 Å². The highest BCUT2D eigenvalue weighted by Crippen LogP contribution is 2.23. The SMILES string of the molecule is CCOCCCNC(=O)/C=C/c1cc(Br)ccc1OC. The fourth-order valence-corrected chi connectivity index (χ4v) is 1.97. The topological polar surface area (TPSA) is 47.6 Å². The first-order chi connectivity index (χ1) is 9.67. The van der Waals surface area contributed by atoms with E-state index in [-0.39, 0.29) is 5.91 Å². The first-order valence-corrected chi connectivity index (χ1v) is 7.34. The predicted molar refractivity (Wildman–Crippen MR) is 83.8 cm³/mol. The Morgan fingerprint density at radius 1 is 1.45 bits per heavy atom. The van der Waals surface area contributed by atoms with E-state index in [0.29, 0.717) is 19.8 Å². The van der Waals surface area contributed by atoms with Crippen molar-refractivity contribution in [1.29, 1.82) is 0 Å². The number of benzene rings is 1. The summed E-state index contributed by atoms with van der Waals surface area (Å²) < 4.78 is 11.4. The first kappa shape index (κ1) is 16.7. The van der Waals surface area contributed by atoms with Gasteiger partial charge in [0.25, 0.3) is 0 Å². The lowest BCUT2D eigenvalue weighted by Gasteiger charge is -2.05. The van der Waals surface area contributed by atoms with Gasteiger partial charge in [0.2, 0.25) is 5.91 Å². The number of rotatable bonds is 8. The molecule has 0 bridgehead atoms. The van der Waals surface area contributed by atoms with Crippen LogP contribution < -0.4 is 10.1 Å². The Kier molecular flexibility index (Phi) is 7.99. The van der Waals surface area contributed by atoms with Crippen molar-refractivity contribution in [3.63, 3.8) is 0 Å². The van der Waals surface area contributed by atoms with Crippen molar-refractivity contribution in [2.75, 3.05) is 26.9 Å². The maximum absolute atomic E-state index is 11.6. The van der Waals surface area contributed by atoms with Crippen LogP contribution >= 0.6 is 15.9 Å². The number of methoxy groups -OCH3 is 1. The maximum Gasteiger partial charge on any atom is 0.244 e. The van der Waals surface area contributed by atoms with Gasteiger partial charge in [0.05, 0.1) is 7.11 Å². The molecule has 0 atom stereocenters. The van der Waals surface area contributed by atoms with Gasteiger partial charge in [-0.05, 0) is 37.6 Å². The highest BCUT2D eigenvalue weighted by Gasteiger charge is 2.01. The quantitative estimate of drug-likeness (QED) is 0.584. The third-order valence-electron chi connectivity index (χ3n) is 2.57. The highest BCUT2D eigenvalue weighted by atomic mass is 79.9. The maximum atomic E-state index is 11.6. The largest absolute Gasteiger partial charge is 0.496 e. The molecular weight excluding hydrogens is 322 g/mol. The number of hydrogen-bond donors (Lipinski definition) is 1. The summed E-state index contributed by atoms with van der Waals surface area (Å²) in [5.74, 6) is 0.608. The van der Waals surface area contributed by atoms with Gasteiger partial charge in [-0.3, -0.25) is 4.79 Å². The Bertz CT molecular complexity index is 460. The Labute approximate surface area is 128 Å². The van der Waals surface area contributed by atoms with Crippen LogP contribution in [0.4, 0.5) is 0 Å². The van der Waals surface area contributed by atoms with Crippen molar-refractivity contribution in [3.05, 3.63) is 34.3 Å². The van der Waals surface area contributed by atoms with E-state index < -0.39 is 0 Å². The van der Waals surface area contributed by atoms with Crippen molar-refractivity contribution < 1.29 is 14.3 Å². The summed E-state index contributed by atoms with van der Waals surface area (Å²) in [7, 11) is 1.61. The lowest BCUT2D eigenvalue weighted by molar-refractivity contribution is -0.116. The summed E-state index contributed by atoms with van der Waals surface area (Å²) in [5, 5.41) is 2.81. The molecule has 0 fully saturated rings. The molecule has 20 heavy (non-hydrogen) atoms. The summed E-state index contributed by atoms with van der Waals surface area (Å²) in [5.41, 5.74) is 0.853. The van der Waals surface area contributed by atoms with E-state index in [0.717, 1.165) is 22.2 Å². The molecule has 1 rings (SSSR count). The van der Waals surface area contributed by atoms with E-state index in [1.165, 1.54) is 6.08 Å². The number of carbonyl (C=O) groups excluding carboxylic acids is 1. The second-order valence-electron chi connectivity index (χ2n) is 4.06. The van der Waals surface area contributed by atoms with Crippen LogP contribution in [-0.4, -0.2) is 32.8 Å². The molecule has 0 saturated carbocycles. The van der Waals surface area contributed by atoms with Gasteiger partial charge < -0.3 is 14.8 Å². The Balaban J connectivity index is 2.46. The van der Waals surface area contributed by atoms with E-state index in [2.05, 4.69) is 21.2 Å². The Morgan fingerprint density at radius 2 is 2.25 bits per heavy atom. The fourth-order valence-electron chi connectivity index (χ4n) is 1.59. The molecule has 4 nitrogen and oxygen atoms in total. The molecule has 0 unspecified atom stereocenters. The molecule has 1 aromatic rings. The monoisotopic (exact) mass is 341 g/mol. The molecule has 1 aromatic carbocycles. The van der Waals surface area contributed by atoms with Crippen LogP contribution in [0.1, 0.15) is 18.9 Å². The molecule has 0 aliphatic carbocycles. The van der Waals surface area contributed by atoms with Gasteiger partial charge in [-0.1, -0.05) is 15.9 Å². The number of ether oxygens (including phenoxy) is 2. The Hall–Kier alpha value is -1.33. The standard InChI is InChI=1S/C15H20BrNO3/c1-3-20-10-4-9-17-15(18)8-5-12-11-13(16)6-7-14(12)19-2/h5-8,11H,3-4,9-10H2,1-2H3,(H,17,18)/b8-5+. The lowest BCUT2D eigenvalue weighted by Crippen LogP contribution is -2.23. The molecule has 0 aliphatic heterocycles. The molecule has 0 heterocycles. The van der Waals surface area contributed by atoms with Crippen molar-refractivity contribution in [2.24, 2.45) is 0 Å². The van der Waals surface area contributed by atoms with Gasteiger partial charge in [-0.2, -0.15) is 0 Å². The van der Waals surface area contributed by atoms with E-state index in [9.17, 15) is 4.79 Å². The molecular formula is C15H20BrNO3. The van der Waals surface area contributed by atoms with Crippen molar-refractivity contribution in [3.8, 4) is 5.75 Å². The van der Waals surface area contributed by atoms with Crippen molar-refractivity contribution in [2.45, 2.75) is 13.3 Å². The van der Waals surface area contributed by atoms with Crippen LogP contribution in [-0.2, 0) is 9.53 Å². The third-order valence-corrected chi connectivity index (χ3v) is 3.07. The molecule has 1 N–H and O–H groups in total. The van der Waals surface area contributed by atoms with Gasteiger partial charge in [-0.15, -0.1) is 0 Å². The van der Waals surface area contributed by atoms with Crippen molar-refractivity contribution >= 4 is 27.9 Å². The second-order valence-corrected chi connectivity index (χ2v) is 4.98. The summed E-state index contributed by atoms with van der Waals surface area (Å²) in [6, 6.07) is 5.64. The summed E-state index contributed by atoms with van der Waals surface area (Å²) in [4.78, 5) is 11.6. The average Bonchev–Trinajstić information content (AvgIpc) is 2.45. The molecule has 5 heteroatoms. The predicted octanol–water partition coefficient (Wildman–Crippen LogP) is 3.01.